The van der Waals surface area contributed by atoms with E-state index in [2.05, 4.69) is 5.32 Å². The second kappa shape index (κ2) is 8.05. The molecule has 0 unspecified atom stereocenters. The first-order valence-electron chi connectivity index (χ1n) is 8.27. The summed E-state index contributed by atoms with van der Waals surface area (Å²) in [5.74, 6) is -0.878. The number of rotatable bonds is 6. The lowest BCUT2D eigenvalue weighted by Crippen LogP contribution is -2.32. The fraction of sp³-hybridized carbons (Fsp3) is 0.211. The Morgan fingerprint density at radius 3 is 2.25 bits per heavy atom. The molecule has 1 aliphatic rings. The van der Waals surface area contributed by atoms with Gasteiger partial charge in [-0.3, -0.25) is 19.3 Å². The summed E-state index contributed by atoms with van der Waals surface area (Å²) in [5.41, 5.74) is -0.0658. The van der Waals surface area contributed by atoms with Crippen molar-refractivity contribution in [1.29, 1.82) is 0 Å². The third kappa shape index (κ3) is 4.36. The van der Waals surface area contributed by atoms with Crippen LogP contribution in [0.5, 0.6) is 0 Å². The minimum atomic E-state index is -4.48. The van der Waals surface area contributed by atoms with E-state index in [4.69, 9.17) is 0 Å². The molecule has 0 fully saturated rings. The topological polar surface area (TPSA) is 66.5 Å². The Labute approximate surface area is 162 Å². The van der Waals surface area contributed by atoms with Gasteiger partial charge in [-0.15, -0.1) is 0 Å². The zero-order chi connectivity index (χ0) is 20.3. The number of fused-ring (bicyclic) bond motifs is 1. The summed E-state index contributed by atoms with van der Waals surface area (Å²) in [7, 11) is 0. The molecule has 0 radical (unpaired) electrons. The molecule has 0 bridgehead atoms. The first kappa shape index (κ1) is 19.9. The molecule has 3 rings (SSSR count). The Morgan fingerprint density at radius 1 is 1.00 bits per heavy atom. The highest BCUT2D eigenvalue weighted by molar-refractivity contribution is 7.99. The second-order valence-electron chi connectivity index (χ2n) is 5.99. The Morgan fingerprint density at radius 2 is 1.64 bits per heavy atom. The Kier molecular flexibility index (Phi) is 5.73. The Balaban J connectivity index is 1.47. The molecule has 2 aromatic carbocycles. The van der Waals surface area contributed by atoms with Gasteiger partial charge < -0.3 is 5.32 Å². The molecule has 5 nitrogen and oxygen atoms in total. The van der Waals surface area contributed by atoms with E-state index in [0.717, 1.165) is 17.0 Å². The number of nitrogens with zero attached hydrogens (tertiary/aromatic N) is 1. The smallest absolute Gasteiger partial charge is 0.325 e. The van der Waals surface area contributed by atoms with Gasteiger partial charge in [0, 0.05) is 18.0 Å². The van der Waals surface area contributed by atoms with Crippen LogP contribution in [0.1, 0.15) is 26.3 Å². The second-order valence-corrected chi connectivity index (χ2v) is 7.09. The molecule has 1 N–H and O–H groups in total. The fourth-order valence-corrected chi connectivity index (χ4v) is 3.45. The zero-order valence-electron chi connectivity index (χ0n) is 14.5. The standard InChI is InChI=1S/C19H15F3N2O3S/c20-19(21,22)12-4-3-5-13(10-12)23-16(25)11-28-9-8-24-17(26)14-6-1-2-7-15(14)18(24)27/h1-7,10H,8-9,11H2,(H,23,25). The van der Waals surface area contributed by atoms with E-state index >= 15 is 0 Å². The highest BCUT2D eigenvalue weighted by Crippen LogP contribution is 2.30. The van der Waals surface area contributed by atoms with Gasteiger partial charge in [0.15, 0.2) is 0 Å². The van der Waals surface area contributed by atoms with Crippen molar-refractivity contribution < 1.29 is 27.6 Å². The summed E-state index contributed by atoms with van der Waals surface area (Å²) in [6, 6.07) is 10.9. The predicted molar refractivity (Wildman–Crippen MR) is 99.2 cm³/mol. The van der Waals surface area contributed by atoms with Gasteiger partial charge in [-0.1, -0.05) is 18.2 Å². The number of carbonyl (C=O) groups excluding carboxylic acids is 3. The van der Waals surface area contributed by atoms with E-state index in [-0.39, 0.29) is 29.8 Å². The first-order chi connectivity index (χ1) is 13.3. The van der Waals surface area contributed by atoms with Gasteiger partial charge in [0.1, 0.15) is 0 Å². The SMILES string of the molecule is O=C(CSCCN1C(=O)c2ccccc2C1=O)Nc1cccc(C(F)(F)F)c1. The van der Waals surface area contributed by atoms with Crippen LogP contribution in [-0.2, 0) is 11.0 Å². The molecule has 0 aromatic heterocycles. The molecule has 1 heterocycles. The van der Waals surface area contributed by atoms with Crippen LogP contribution < -0.4 is 5.32 Å². The number of thioether (sulfide) groups is 1. The number of hydrogen-bond donors (Lipinski definition) is 1. The number of amides is 3. The lowest BCUT2D eigenvalue weighted by atomic mass is 10.1. The average molecular weight is 408 g/mol. The van der Waals surface area contributed by atoms with E-state index in [1.807, 2.05) is 0 Å². The van der Waals surface area contributed by atoms with Crippen molar-refractivity contribution in [2.24, 2.45) is 0 Å². The highest BCUT2D eigenvalue weighted by atomic mass is 32.2. The van der Waals surface area contributed by atoms with E-state index in [9.17, 15) is 27.6 Å². The number of imide groups is 1. The van der Waals surface area contributed by atoms with Crippen molar-refractivity contribution in [3.8, 4) is 0 Å². The van der Waals surface area contributed by atoms with Crippen LogP contribution in [0.4, 0.5) is 18.9 Å². The van der Waals surface area contributed by atoms with Crippen molar-refractivity contribution in [2.45, 2.75) is 6.18 Å². The van der Waals surface area contributed by atoms with Crippen molar-refractivity contribution in [3.05, 3.63) is 65.2 Å². The van der Waals surface area contributed by atoms with Crippen molar-refractivity contribution in [1.82, 2.24) is 4.90 Å². The molecule has 3 amide bonds. The average Bonchev–Trinajstić information content (AvgIpc) is 2.89. The van der Waals surface area contributed by atoms with E-state index in [0.29, 0.717) is 16.9 Å². The number of benzene rings is 2. The van der Waals surface area contributed by atoms with Crippen molar-refractivity contribution >= 4 is 35.2 Å². The van der Waals surface area contributed by atoms with E-state index < -0.39 is 17.6 Å². The number of nitrogens with one attached hydrogen (secondary N) is 1. The molecule has 0 saturated carbocycles. The molecule has 1 aliphatic heterocycles. The predicted octanol–water partition coefficient (Wildman–Crippen LogP) is 3.67. The third-order valence-corrected chi connectivity index (χ3v) is 4.98. The maximum absolute atomic E-state index is 12.7. The maximum atomic E-state index is 12.7. The number of alkyl halides is 3. The van der Waals surface area contributed by atoms with Crippen LogP contribution >= 0.6 is 11.8 Å². The molecule has 28 heavy (non-hydrogen) atoms. The lowest BCUT2D eigenvalue weighted by Gasteiger charge is -2.13. The molecule has 0 aliphatic carbocycles. The summed E-state index contributed by atoms with van der Waals surface area (Å²) < 4.78 is 38.1. The monoisotopic (exact) mass is 408 g/mol. The third-order valence-electron chi connectivity index (χ3n) is 4.04. The summed E-state index contributed by atoms with van der Waals surface area (Å²) in [6.45, 7) is 0.147. The summed E-state index contributed by atoms with van der Waals surface area (Å²) in [4.78, 5) is 37.5. The van der Waals surface area contributed by atoms with Crippen molar-refractivity contribution in [2.75, 3.05) is 23.4 Å². The Hall–Kier alpha value is -2.81. The molecule has 9 heteroatoms. The molecule has 146 valence electrons. The molecule has 0 spiro atoms. The molecule has 0 saturated heterocycles. The zero-order valence-corrected chi connectivity index (χ0v) is 15.3. The molecular weight excluding hydrogens is 393 g/mol. The fourth-order valence-electron chi connectivity index (χ4n) is 2.73. The van der Waals surface area contributed by atoms with Gasteiger partial charge in [0.05, 0.1) is 22.4 Å². The van der Waals surface area contributed by atoms with Crippen LogP contribution in [-0.4, -0.2) is 40.7 Å². The van der Waals surface area contributed by atoms with Gasteiger partial charge in [-0.2, -0.15) is 24.9 Å². The summed E-state index contributed by atoms with van der Waals surface area (Å²) in [5, 5.41) is 2.41. The largest absolute Gasteiger partial charge is 0.416 e. The highest BCUT2D eigenvalue weighted by Gasteiger charge is 2.34. The minimum Gasteiger partial charge on any atom is -0.325 e. The number of carbonyl (C=O) groups is 3. The van der Waals surface area contributed by atoms with Gasteiger partial charge in [-0.05, 0) is 30.3 Å². The van der Waals surface area contributed by atoms with Crippen LogP contribution in [0.2, 0.25) is 0 Å². The van der Waals surface area contributed by atoms with E-state index in [1.165, 1.54) is 23.9 Å². The number of anilines is 1. The molecular formula is C19H15F3N2O3S. The summed E-state index contributed by atoms with van der Waals surface area (Å²) >= 11 is 1.18. The van der Waals surface area contributed by atoms with Crippen molar-refractivity contribution in [3.63, 3.8) is 0 Å². The lowest BCUT2D eigenvalue weighted by molar-refractivity contribution is -0.137. The molecule has 2 aromatic rings. The Bertz CT molecular complexity index is 896. The van der Waals surface area contributed by atoms with E-state index in [1.54, 1.807) is 24.3 Å². The van der Waals surface area contributed by atoms with Gasteiger partial charge in [0.25, 0.3) is 11.8 Å². The quantitative estimate of drug-likeness (QED) is 0.585. The molecule has 0 atom stereocenters. The normalized spacial score (nSPS) is 13.6. The van der Waals surface area contributed by atoms with Crippen LogP contribution in [0.25, 0.3) is 0 Å². The maximum Gasteiger partial charge on any atom is 0.416 e. The van der Waals surface area contributed by atoms with Crippen LogP contribution in [0, 0.1) is 0 Å². The first-order valence-corrected chi connectivity index (χ1v) is 9.43. The van der Waals surface area contributed by atoms with Gasteiger partial charge >= 0.3 is 6.18 Å². The van der Waals surface area contributed by atoms with Crippen LogP contribution in [0.15, 0.2) is 48.5 Å². The van der Waals surface area contributed by atoms with Gasteiger partial charge in [0.2, 0.25) is 5.91 Å². The van der Waals surface area contributed by atoms with Crippen LogP contribution in [0.3, 0.4) is 0 Å². The number of hydrogen-bond acceptors (Lipinski definition) is 4. The summed E-state index contributed by atoms with van der Waals surface area (Å²) in [6.07, 6.45) is -4.48. The van der Waals surface area contributed by atoms with Gasteiger partial charge in [-0.25, -0.2) is 0 Å². The number of halogens is 3. The minimum absolute atomic E-state index is 0.0145.